The minimum absolute atomic E-state index is 0.123. The number of urea groups is 1. The van der Waals surface area contributed by atoms with E-state index in [1.165, 1.54) is 0 Å². The van der Waals surface area contributed by atoms with Crippen molar-refractivity contribution in [1.29, 1.82) is 0 Å². The number of fused-ring (bicyclic) bond motifs is 1. The molecule has 2 N–H and O–H groups in total. The number of nitrogens with zero attached hydrogens (tertiary/aromatic N) is 3. The van der Waals surface area contributed by atoms with Crippen LogP contribution in [-0.2, 0) is 23.6 Å². The van der Waals surface area contributed by atoms with Gasteiger partial charge in [-0.15, -0.1) is 0 Å². The highest BCUT2D eigenvalue weighted by atomic mass is 16.5. The molecule has 1 aliphatic heterocycles. The van der Waals surface area contributed by atoms with Crippen molar-refractivity contribution in [3.8, 4) is 0 Å². The van der Waals surface area contributed by atoms with E-state index in [1.54, 1.807) is 23.2 Å². The van der Waals surface area contributed by atoms with Crippen molar-refractivity contribution >= 4 is 40.1 Å². The molecule has 0 bridgehead atoms. The Labute approximate surface area is 198 Å². The molecular weight excluding hydrogens is 434 g/mol. The Morgan fingerprint density at radius 3 is 2.35 bits per heavy atom. The normalized spacial score (nSPS) is 14.3. The van der Waals surface area contributed by atoms with Crippen molar-refractivity contribution in [3.05, 3.63) is 52.4 Å². The molecular formula is C25H31N5O4. The predicted molar refractivity (Wildman–Crippen MR) is 134 cm³/mol. The summed E-state index contributed by atoms with van der Waals surface area (Å²) in [5.41, 5.74) is 4.53. The maximum absolute atomic E-state index is 12.9. The Balaban J connectivity index is 1.64. The number of rotatable bonds is 5. The first-order valence-electron chi connectivity index (χ1n) is 11.5. The van der Waals surface area contributed by atoms with Gasteiger partial charge in [-0.2, -0.15) is 0 Å². The summed E-state index contributed by atoms with van der Waals surface area (Å²) in [7, 11) is 3.45. The quantitative estimate of drug-likeness (QED) is 0.561. The SMILES string of the molecule is CCOC(=O)C1CCN(c2cc3c(cc2NC(=O)Nc2cccc(C)c2)n(C)c(=O)n3C)CC1. The number of carbonyl (C=O) groups is 2. The number of imidazole rings is 1. The minimum Gasteiger partial charge on any atom is -0.466 e. The number of esters is 1. The van der Waals surface area contributed by atoms with Gasteiger partial charge in [0.05, 0.1) is 34.9 Å². The first kappa shape index (κ1) is 23.4. The number of piperidine rings is 1. The lowest BCUT2D eigenvalue weighted by molar-refractivity contribution is -0.148. The number of ether oxygens (including phenoxy) is 1. The van der Waals surface area contributed by atoms with E-state index in [0.29, 0.717) is 43.9 Å². The third-order valence-electron chi connectivity index (χ3n) is 6.37. The summed E-state index contributed by atoms with van der Waals surface area (Å²) < 4.78 is 8.35. The third-order valence-corrected chi connectivity index (χ3v) is 6.37. The predicted octanol–water partition coefficient (Wildman–Crippen LogP) is 3.61. The zero-order valence-corrected chi connectivity index (χ0v) is 20.1. The van der Waals surface area contributed by atoms with Crippen molar-refractivity contribution in [2.24, 2.45) is 20.0 Å². The van der Waals surface area contributed by atoms with Crippen LogP contribution in [0.2, 0.25) is 0 Å². The van der Waals surface area contributed by atoms with E-state index in [9.17, 15) is 14.4 Å². The summed E-state index contributed by atoms with van der Waals surface area (Å²) in [4.78, 5) is 39.7. The molecule has 2 aromatic carbocycles. The van der Waals surface area contributed by atoms with Crippen molar-refractivity contribution in [3.63, 3.8) is 0 Å². The number of nitrogens with one attached hydrogen (secondary N) is 2. The van der Waals surface area contributed by atoms with E-state index >= 15 is 0 Å². The topological polar surface area (TPSA) is 97.6 Å². The Hall–Kier alpha value is -3.75. The summed E-state index contributed by atoms with van der Waals surface area (Å²) in [5, 5.41) is 5.84. The van der Waals surface area contributed by atoms with Crippen LogP contribution in [0, 0.1) is 12.8 Å². The van der Waals surface area contributed by atoms with E-state index < -0.39 is 0 Å². The molecule has 0 saturated carbocycles. The van der Waals surface area contributed by atoms with Crippen molar-refractivity contribution in [2.75, 3.05) is 35.2 Å². The number of carbonyl (C=O) groups excluding carboxylic acids is 2. The average molecular weight is 466 g/mol. The molecule has 1 aliphatic rings. The fourth-order valence-corrected chi connectivity index (χ4v) is 4.52. The highest BCUT2D eigenvalue weighted by Crippen LogP contribution is 2.34. The number of aryl methyl sites for hydroxylation is 3. The van der Waals surface area contributed by atoms with Crippen molar-refractivity contribution in [2.45, 2.75) is 26.7 Å². The molecule has 1 aromatic heterocycles. The van der Waals surface area contributed by atoms with Crippen LogP contribution >= 0.6 is 0 Å². The molecule has 1 saturated heterocycles. The molecule has 2 amide bonds. The van der Waals surface area contributed by atoms with Crippen LogP contribution in [0.5, 0.6) is 0 Å². The minimum atomic E-state index is -0.367. The van der Waals surface area contributed by atoms with Gasteiger partial charge in [0.2, 0.25) is 0 Å². The zero-order valence-electron chi connectivity index (χ0n) is 20.1. The summed E-state index contributed by atoms with van der Waals surface area (Å²) in [5.74, 6) is -0.277. The number of amides is 2. The fraction of sp³-hybridized carbons (Fsp3) is 0.400. The van der Waals surface area contributed by atoms with Crippen LogP contribution in [0.15, 0.2) is 41.2 Å². The summed E-state index contributed by atoms with van der Waals surface area (Å²) in [6, 6.07) is 11.0. The molecule has 0 unspecified atom stereocenters. The molecule has 180 valence electrons. The molecule has 2 heterocycles. The van der Waals surface area contributed by atoms with Gasteiger partial charge in [0.1, 0.15) is 0 Å². The lowest BCUT2D eigenvalue weighted by Crippen LogP contribution is -2.37. The molecule has 9 heteroatoms. The molecule has 4 rings (SSSR count). The number of benzene rings is 2. The average Bonchev–Trinajstić information content (AvgIpc) is 3.02. The fourth-order valence-electron chi connectivity index (χ4n) is 4.52. The largest absolute Gasteiger partial charge is 0.466 e. The first-order chi connectivity index (χ1) is 16.3. The zero-order chi connectivity index (χ0) is 24.4. The van der Waals surface area contributed by atoms with Crippen LogP contribution in [0.1, 0.15) is 25.3 Å². The first-order valence-corrected chi connectivity index (χ1v) is 11.5. The number of anilines is 3. The van der Waals surface area contributed by atoms with Crippen LogP contribution < -0.4 is 21.2 Å². The van der Waals surface area contributed by atoms with Gasteiger partial charge < -0.3 is 20.3 Å². The van der Waals surface area contributed by atoms with Crippen molar-refractivity contribution in [1.82, 2.24) is 9.13 Å². The Bertz CT molecular complexity index is 1280. The van der Waals surface area contributed by atoms with Crippen LogP contribution in [0.3, 0.4) is 0 Å². The second-order valence-electron chi connectivity index (χ2n) is 8.72. The Kier molecular flexibility index (Phi) is 6.63. The van der Waals surface area contributed by atoms with Crippen LogP contribution in [-0.4, -0.2) is 40.8 Å². The lowest BCUT2D eigenvalue weighted by atomic mass is 9.96. The van der Waals surface area contributed by atoms with Gasteiger partial charge in [0.25, 0.3) is 0 Å². The monoisotopic (exact) mass is 465 g/mol. The maximum Gasteiger partial charge on any atom is 0.328 e. The Morgan fingerprint density at radius 2 is 1.71 bits per heavy atom. The molecule has 0 atom stereocenters. The highest BCUT2D eigenvalue weighted by molar-refractivity contribution is 6.04. The second kappa shape index (κ2) is 9.62. The molecule has 0 aliphatic carbocycles. The van der Waals surface area contributed by atoms with Gasteiger partial charge in [0.15, 0.2) is 0 Å². The van der Waals surface area contributed by atoms with Gasteiger partial charge in [-0.25, -0.2) is 9.59 Å². The molecule has 0 spiro atoms. The number of hydrogen-bond donors (Lipinski definition) is 2. The smallest absolute Gasteiger partial charge is 0.328 e. The highest BCUT2D eigenvalue weighted by Gasteiger charge is 2.28. The van der Waals surface area contributed by atoms with Crippen molar-refractivity contribution < 1.29 is 14.3 Å². The Morgan fingerprint density at radius 1 is 1.03 bits per heavy atom. The van der Waals surface area contributed by atoms with E-state index in [0.717, 1.165) is 22.3 Å². The molecule has 1 fully saturated rings. The summed E-state index contributed by atoms with van der Waals surface area (Å²) in [6.45, 7) is 5.44. The van der Waals surface area contributed by atoms with Gasteiger partial charge in [-0.3, -0.25) is 13.9 Å². The van der Waals surface area contributed by atoms with E-state index in [4.69, 9.17) is 4.74 Å². The second-order valence-corrected chi connectivity index (χ2v) is 8.72. The van der Waals surface area contributed by atoms with E-state index in [-0.39, 0.29) is 23.6 Å². The van der Waals surface area contributed by atoms with Crippen LogP contribution in [0.25, 0.3) is 11.0 Å². The number of aromatic nitrogens is 2. The summed E-state index contributed by atoms with van der Waals surface area (Å²) >= 11 is 0. The van der Waals surface area contributed by atoms with Crippen LogP contribution in [0.4, 0.5) is 21.9 Å². The molecule has 9 nitrogen and oxygen atoms in total. The maximum atomic E-state index is 12.9. The molecule has 0 radical (unpaired) electrons. The standard InChI is InChI=1S/C25H31N5O4/c1-5-34-23(31)17-9-11-30(12-10-17)20-15-22-21(28(3)25(33)29(22)4)14-19(20)27-24(32)26-18-8-6-7-16(2)13-18/h6-8,13-15,17H,5,9-12H2,1-4H3,(H2,26,27,32). The van der Waals surface area contributed by atoms with E-state index in [1.807, 2.05) is 50.2 Å². The van der Waals surface area contributed by atoms with Gasteiger partial charge >= 0.3 is 17.7 Å². The number of hydrogen-bond acceptors (Lipinski definition) is 5. The van der Waals surface area contributed by atoms with E-state index in [2.05, 4.69) is 15.5 Å². The molecule has 3 aromatic rings. The van der Waals surface area contributed by atoms with Gasteiger partial charge in [-0.1, -0.05) is 12.1 Å². The van der Waals surface area contributed by atoms with Gasteiger partial charge in [0, 0.05) is 32.9 Å². The third kappa shape index (κ3) is 4.64. The summed E-state index contributed by atoms with van der Waals surface area (Å²) in [6.07, 6.45) is 1.33. The lowest BCUT2D eigenvalue weighted by Gasteiger charge is -2.34. The van der Waals surface area contributed by atoms with Gasteiger partial charge in [-0.05, 0) is 56.5 Å². The molecule has 34 heavy (non-hydrogen) atoms.